The van der Waals surface area contributed by atoms with E-state index in [0.717, 1.165) is 5.56 Å². The zero-order valence-corrected chi connectivity index (χ0v) is 10.9. The van der Waals surface area contributed by atoms with Crippen LogP contribution in [0.1, 0.15) is 19.4 Å². The topological polar surface area (TPSA) is 78.9 Å². The van der Waals surface area contributed by atoms with Crippen LogP contribution >= 0.6 is 0 Å². The van der Waals surface area contributed by atoms with Gasteiger partial charge in [-0.25, -0.2) is 0 Å². The van der Waals surface area contributed by atoms with E-state index in [1.807, 2.05) is 30.3 Å². The average Bonchev–Trinajstić information content (AvgIpc) is 2.37. The third-order valence-electron chi connectivity index (χ3n) is 2.89. The number of carbonyl (C=O) groups excluding carboxylic acids is 1. The molecule has 0 aliphatic rings. The van der Waals surface area contributed by atoms with E-state index in [0.29, 0.717) is 6.54 Å². The van der Waals surface area contributed by atoms with Crippen molar-refractivity contribution in [1.82, 2.24) is 4.90 Å². The van der Waals surface area contributed by atoms with E-state index in [9.17, 15) is 4.79 Å². The summed E-state index contributed by atoms with van der Waals surface area (Å²) in [5, 5.41) is 11.6. The minimum absolute atomic E-state index is 0.0904. The first-order chi connectivity index (χ1) is 8.39. The number of hydrogen-bond acceptors (Lipinski definition) is 3. The molecule has 5 nitrogen and oxygen atoms in total. The largest absolute Gasteiger partial charge is 0.409 e. The fourth-order valence-corrected chi connectivity index (χ4v) is 1.64. The number of hydrogen-bond donors (Lipinski definition) is 2. The molecular weight excluding hydrogens is 230 g/mol. The van der Waals surface area contributed by atoms with E-state index in [1.165, 1.54) is 0 Å². The number of nitrogens with two attached hydrogens (primary N) is 1. The van der Waals surface area contributed by atoms with Gasteiger partial charge in [0.1, 0.15) is 5.41 Å². The summed E-state index contributed by atoms with van der Waals surface area (Å²) in [5.74, 6) is -0.283. The fourth-order valence-electron chi connectivity index (χ4n) is 1.64. The van der Waals surface area contributed by atoms with Crippen molar-refractivity contribution in [3.8, 4) is 0 Å². The third-order valence-corrected chi connectivity index (χ3v) is 2.89. The molecule has 0 fully saturated rings. The third kappa shape index (κ3) is 3.00. The standard InChI is InChI=1S/C13H19N3O2/c1-13(2,11(14)15-18)12(17)16(3)9-10-7-5-4-6-8-10/h4-8,18H,9H2,1-3H3,(H2,14,15). The van der Waals surface area contributed by atoms with Gasteiger partial charge in [-0.05, 0) is 19.4 Å². The molecule has 0 aromatic heterocycles. The Morgan fingerprint density at radius 3 is 2.44 bits per heavy atom. The lowest BCUT2D eigenvalue weighted by Crippen LogP contribution is -2.46. The monoisotopic (exact) mass is 249 g/mol. The number of benzene rings is 1. The van der Waals surface area contributed by atoms with Crippen LogP contribution in [0.25, 0.3) is 0 Å². The van der Waals surface area contributed by atoms with Crippen molar-refractivity contribution >= 4 is 11.7 Å². The van der Waals surface area contributed by atoms with Gasteiger partial charge in [-0.15, -0.1) is 0 Å². The summed E-state index contributed by atoms with van der Waals surface area (Å²) in [7, 11) is 1.70. The molecule has 18 heavy (non-hydrogen) atoms. The maximum absolute atomic E-state index is 12.2. The lowest BCUT2D eigenvalue weighted by molar-refractivity contribution is -0.136. The average molecular weight is 249 g/mol. The summed E-state index contributed by atoms with van der Waals surface area (Å²) in [4.78, 5) is 13.8. The predicted molar refractivity (Wildman–Crippen MR) is 70.1 cm³/mol. The van der Waals surface area contributed by atoms with Crippen molar-refractivity contribution in [2.45, 2.75) is 20.4 Å². The van der Waals surface area contributed by atoms with Crippen LogP contribution in [0.15, 0.2) is 35.5 Å². The quantitative estimate of drug-likeness (QED) is 0.366. The van der Waals surface area contributed by atoms with Gasteiger partial charge in [0.15, 0.2) is 5.84 Å². The van der Waals surface area contributed by atoms with Gasteiger partial charge in [0, 0.05) is 13.6 Å². The number of rotatable bonds is 4. The van der Waals surface area contributed by atoms with Crippen molar-refractivity contribution in [2.75, 3.05) is 7.05 Å². The molecule has 3 N–H and O–H groups in total. The second-order valence-corrected chi connectivity index (χ2v) is 4.76. The molecule has 0 aliphatic heterocycles. The molecule has 1 rings (SSSR count). The van der Waals surface area contributed by atoms with Crippen molar-refractivity contribution in [3.63, 3.8) is 0 Å². The first kappa shape index (κ1) is 14.0. The summed E-state index contributed by atoms with van der Waals surface area (Å²) in [6.07, 6.45) is 0. The van der Waals surface area contributed by atoms with E-state index in [1.54, 1.807) is 25.8 Å². The molecule has 5 heteroatoms. The van der Waals surface area contributed by atoms with Gasteiger partial charge in [0.25, 0.3) is 0 Å². The molecule has 0 spiro atoms. The maximum Gasteiger partial charge on any atom is 0.235 e. The van der Waals surface area contributed by atoms with Crippen LogP contribution in [-0.4, -0.2) is 28.9 Å². The molecule has 1 aromatic rings. The lowest BCUT2D eigenvalue weighted by atomic mass is 9.90. The van der Waals surface area contributed by atoms with Crippen molar-refractivity contribution in [2.24, 2.45) is 16.3 Å². The summed E-state index contributed by atoms with van der Waals surface area (Å²) in [6.45, 7) is 3.75. The normalized spacial score (nSPS) is 12.3. The van der Waals surface area contributed by atoms with Gasteiger partial charge in [-0.1, -0.05) is 35.5 Å². The smallest absolute Gasteiger partial charge is 0.235 e. The molecular formula is C13H19N3O2. The summed E-state index contributed by atoms with van der Waals surface area (Å²) in [5.41, 5.74) is 5.55. The fraction of sp³-hybridized carbons (Fsp3) is 0.385. The van der Waals surface area contributed by atoms with Crippen molar-refractivity contribution in [3.05, 3.63) is 35.9 Å². The molecule has 0 saturated heterocycles. The molecule has 0 aliphatic carbocycles. The van der Waals surface area contributed by atoms with Crippen LogP contribution in [0.5, 0.6) is 0 Å². The first-order valence-electron chi connectivity index (χ1n) is 5.67. The Labute approximate surface area is 107 Å². The Balaban J connectivity index is 2.79. The van der Waals surface area contributed by atoms with E-state index in [4.69, 9.17) is 10.9 Å². The van der Waals surface area contributed by atoms with E-state index >= 15 is 0 Å². The van der Waals surface area contributed by atoms with Gasteiger partial charge in [0.2, 0.25) is 5.91 Å². The van der Waals surface area contributed by atoms with Gasteiger partial charge < -0.3 is 15.8 Å². The zero-order chi connectivity index (χ0) is 13.8. The van der Waals surface area contributed by atoms with E-state index in [-0.39, 0.29) is 11.7 Å². The molecule has 1 amide bonds. The Bertz CT molecular complexity index is 441. The highest BCUT2D eigenvalue weighted by Crippen LogP contribution is 2.19. The minimum atomic E-state index is -1.02. The molecule has 98 valence electrons. The van der Waals surface area contributed by atoms with Gasteiger partial charge in [0.05, 0.1) is 0 Å². The zero-order valence-electron chi connectivity index (χ0n) is 10.9. The van der Waals surface area contributed by atoms with Gasteiger partial charge in [-0.3, -0.25) is 4.79 Å². The number of nitrogens with zero attached hydrogens (tertiary/aromatic N) is 2. The highest BCUT2D eigenvalue weighted by atomic mass is 16.4. The Morgan fingerprint density at radius 2 is 1.94 bits per heavy atom. The van der Waals surface area contributed by atoms with Gasteiger partial charge in [-0.2, -0.15) is 0 Å². The summed E-state index contributed by atoms with van der Waals surface area (Å²) < 4.78 is 0. The Kier molecular flexibility index (Phi) is 4.31. The number of carbonyl (C=O) groups is 1. The SMILES string of the molecule is CN(Cc1ccccc1)C(=O)C(C)(C)C(N)=NO. The number of oxime groups is 1. The Hall–Kier alpha value is -2.04. The second-order valence-electron chi connectivity index (χ2n) is 4.76. The molecule has 1 aromatic carbocycles. The van der Waals surface area contributed by atoms with Crippen molar-refractivity contribution in [1.29, 1.82) is 0 Å². The van der Waals surface area contributed by atoms with Crippen LogP contribution in [0.3, 0.4) is 0 Å². The highest BCUT2D eigenvalue weighted by Gasteiger charge is 2.35. The predicted octanol–water partition coefficient (Wildman–Crippen LogP) is 1.42. The highest BCUT2D eigenvalue weighted by molar-refractivity contribution is 6.05. The maximum atomic E-state index is 12.2. The summed E-state index contributed by atoms with van der Waals surface area (Å²) in [6, 6.07) is 9.65. The summed E-state index contributed by atoms with van der Waals surface area (Å²) >= 11 is 0. The van der Waals surface area contributed by atoms with Crippen LogP contribution in [-0.2, 0) is 11.3 Å². The van der Waals surface area contributed by atoms with Crippen molar-refractivity contribution < 1.29 is 10.0 Å². The molecule has 0 heterocycles. The van der Waals surface area contributed by atoms with E-state index < -0.39 is 5.41 Å². The van der Waals surface area contributed by atoms with E-state index in [2.05, 4.69) is 5.16 Å². The minimum Gasteiger partial charge on any atom is -0.409 e. The molecule has 0 atom stereocenters. The van der Waals surface area contributed by atoms with Crippen LogP contribution in [0, 0.1) is 5.41 Å². The molecule has 0 bridgehead atoms. The number of amides is 1. The van der Waals surface area contributed by atoms with Crippen LogP contribution in [0.4, 0.5) is 0 Å². The van der Waals surface area contributed by atoms with Crippen LogP contribution < -0.4 is 5.73 Å². The second kappa shape index (κ2) is 5.53. The number of amidine groups is 1. The van der Waals surface area contributed by atoms with Crippen LogP contribution in [0.2, 0.25) is 0 Å². The Morgan fingerprint density at radius 1 is 1.39 bits per heavy atom. The van der Waals surface area contributed by atoms with Gasteiger partial charge >= 0.3 is 0 Å². The molecule has 0 radical (unpaired) electrons. The molecule has 0 saturated carbocycles. The first-order valence-corrected chi connectivity index (χ1v) is 5.67. The lowest BCUT2D eigenvalue weighted by Gasteiger charge is -2.28. The molecule has 0 unspecified atom stereocenters.